The molecule has 0 spiro atoms. The fourth-order valence-corrected chi connectivity index (χ4v) is 3.95. The Morgan fingerprint density at radius 1 is 1.06 bits per heavy atom. The molecular weight excluding hydrogens is 420 g/mol. The molecule has 31 heavy (non-hydrogen) atoms. The second-order valence-electron chi connectivity index (χ2n) is 6.64. The monoisotopic (exact) mass is 444 g/mol. The highest BCUT2D eigenvalue weighted by Crippen LogP contribution is 2.33. The van der Waals surface area contributed by atoms with Gasteiger partial charge in [-0.25, -0.2) is 14.6 Å². The summed E-state index contributed by atoms with van der Waals surface area (Å²) in [5.74, 6) is 0.221. The molecule has 0 saturated carbocycles. The van der Waals surface area contributed by atoms with Crippen molar-refractivity contribution in [3.05, 3.63) is 51.8 Å². The molecular formula is C22H24N2O6S. The maximum atomic E-state index is 12.6. The van der Waals surface area contributed by atoms with E-state index in [0.717, 1.165) is 10.6 Å². The fraction of sp³-hybridized carbons (Fsp3) is 0.318. The molecule has 0 fully saturated rings. The molecule has 0 atom stereocenters. The van der Waals surface area contributed by atoms with Gasteiger partial charge >= 0.3 is 11.9 Å². The number of hydrogen-bond acceptors (Lipinski definition) is 8. The van der Waals surface area contributed by atoms with Crippen molar-refractivity contribution < 1.29 is 28.5 Å². The van der Waals surface area contributed by atoms with Gasteiger partial charge in [-0.3, -0.25) is 0 Å². The van der Waals surface area contributed by atoms with Crippen LogP contribution in [-0.4, -0.2) is 42.7 Å². The number of methoxy groups -OCH3 is 2. The summed E-state index contributed by atoms with van der Waals surface area (Å²) >= 11 is 1.44. The van der Waals surface area contributed by atoms with Gasteiger partial charge in [0, 0.05) is 16.6 Å². The van der Waals surface area contributed by atoms with Gasteiger partial charge in [-0.05, 0) is 44.5 Å². The lowest BCUT2D eigenvalue weighted by Crippen LogP contribution is -2.09. The number of carbonyl (C=O) groups is 2. The SMILES string of the molecule is CCOC(=O)c1[nH]c(C)c(C(=O)OCc2csc(-c3ccc(OC)c(OC)c3)n2)c1C. The highest BCUT2D eigenvalue weighted by atomic mass is 32.1. The number of carbonyl (C=O) groups excluding carboxylic acids is 2. The molecule has 1 aromatic carbocycles. The minimum atomic E-state index is -0.525. The predicted molar refractivity (Wildman–Crippen MR) is 116 cm³/mol. The van der Waals surface area contributed by atoms with Gasteiger partial charge in [0.05, 0.1) is 32.1 Å². The molecule has 0 amide bonds. The summed E-state index contributed by atoms with van der Waals surface area (Å²) in [4.78, 5) is 32.1. The Hall–Kier alpha value is -3.33. The van der Waals surface area contributed by atoms with E-state index >= 15 is 0 Å². The van der Waals surface area contributed by atoms with Crippen LogP contribution in [0.25, 0.3) is 10.6 Å². The standard InChI is InChI=1S/C22H24N2O6S/c1-6-29-22(26)19-12(2)18(13(3)23-19)21(25)30-10-15-11-31-20(24-15)14-7-8-16(27-4)17(9-14)28-5/h7-9,11,23H,6,10H2,1-5H3. The Kier molecular flexibility index (Phi) is 6.96. The van der Waals surface area contributed by atoms with Crippen LogP contribution in [0.15, 0.2) is 23.6 Å². The van der Waals surface area contributed by atoms with E-state index < -0.39 is 11.9 Å². The van der Waals surface area contributed by atoms with Crippen LogP contribution in [0.3, 0.4) is 0 Å². The molecule has 3 aromatic rings. The molecule has 0 unspecified atom stereocenters. The van der Waals surface area contributed by atoms with Crippen molar-refractivity contribution in [2.24, 2.45) is 0 Å². The van der Waals surface area contributed by atoms with Crippen LogP contribution in [0.1, 0.15) is 44.7 Å². The lowest BCUT2D eigenvalue weighted by molar-refractivity contribution is 0.0467. The topological polar surface area (TPSA) is 99.7 Å². The van der Waals surface area contributed by atoms with Crippen molar-refractivity contribution in [3.8, 4) is 22.1 Å². The van der Waals surface area contributed by atoms with Crippen LogP contribution in [0.4, 0.5) is 0 Å². The van der Waals surface area contributed by atoms with Gasteiger partial charge < -0.3 is 23.9 Å². The third-order valence-electron chi connectivity index (χ3n) is 4.65. The lowest BCUT2D eigenvalue weighted by atomic mass is 10.1. The molecule has 2 aromatic heterocycles. The van der Waals surface area contributed by atoms with Crippen LogP contribution >= 0.6 is 11.3 Å². The second kappa shape index (κ2) is 9.65. The van der Waals surface area contributed by atoms with E-state index in [-0.39, 0.29) is 18.9 Å². The number of H-pyrrole nitrogens is 1. The van der Waals surface area contributed by atoms with Crippen molar-refractivity contribution in [3.63, 3.8) is 0 Å². The Morgan fingerprint density at radius 2 is 1.81 bits per heavy atom. The average Bonchev–Trinajstić information content (AvgIpc) is 3.36. The smallest absolute Gasteiger partial charge is 0.355 e. The Morgan fingerprint density at radius 3 is 2.48 bits per heavy atom. The maximum Gasteiger partial charge on any atom is 0.355 e. The van der Waals surface area contributed by atoms with Crippen LogP contribution in [-0.2, 0) is 16.1 Å². The normalized spacial score (nSPS) is 10.6. The summed E-state index contributed by atoms with van der Waals surface area (Å²) in [6.07, 6.45) is 0. The van der Waals surface area contributed by atoms with Crippen molar-refractivity contribution >= 4 is 23.3 Å². The van der Waals surface area contributed by atoms with Crippen LogP contribution in [0.5, 0.6) is 11.5 Å². The van der Waals surface area contributed by atoms with Crippen molar-refractivity contribution in [1.82, 2.24) is 9.97 Å². The quantitative estimate of drug-likeness (QED) is 0.517. The number of aromatic nitrogens is 2. The van der Waals surface area contributed by atoms with E-state index in [1.54, 1.807) is 35.0 Å². The number of aromatic amines is 1. The molecule has 0 aliphatic rings. The number of rotatable bonds is 8. The summed E-state index contributed by atoms with van der Waals surface area (Å²) in [6.45, 7) is 5.39. The number of nitrogens with one attached hydrogen (secondary N) is 1. The first kappa shape index (κ1) is 22.4. The summed E-state index contributed by atoms with van der Waals surface area (Å²) in [5.41, 5.74) is 3.14. The molecule has 0 aliphatic heterocycles. The largest absolute Gasteiger partial charge is 0.493 e. The van der Waals surface area contributed by atoms with Crippen molar-refractivity contribution in [1.29, 1.82) is 0 Å². The van der Waals surface area contributed by atoms with Gasteiger partial charge in [0.1, 0.15) is 17.3 Å². The predicted octanol–water partition coefficient (Wildman–Crippen LogP) is 4.31. The van der Waals surface area contributed by atoms with Gasteiger partial charge in [-0.1, -0.05) is 0 Å². The zero-order valence-corrected chi connectivity index (χ0v) is 18.8. The number of ether oxygens (including phenoxy) is 4. The number of hydrogen-bond donors (Lipinski definition) is 1. The molecule has 164 valence electrons. The zero-order valence-electron chi connectivity index (χ0n) is 18.0. The summed E-state index contributed by atoms with van der Waals surface area (Å²) < 4.78 is 21.1. The fourth-order valence-electron chi connectivity index (χ4n) is 3.15. The Labute approximate surface area is 184 Å². The molecule has 0 radical (unpaired) electrons. The number of aryl methyl sites for hydroxylation is 1. The minimum absolute atomic E-state index is 0.0153. The molecule has 2 heterocycles. The zero-order chi connectivity index (χ0) is 22.5. The van der Waals surface area contributed by atoms with Gasteiger partial charge in [-0.2, -0.15) is 0 Å². The van der Waals surface area contributed by atoms with Crippen LogP contribution in [0.2, 0.25) is 0 Å². The molecule has 0 aliphatic carbocycles. The van der Waals surface area contributed by atoms with Gasteiger partial charge in [0.2, 0.25) is 0 Å². The molecule has 1 N–H and O–H groups in total. The second-order valence-corrected chi connectivity index (χ2v) is 7.49. The minimum Gasteiger partial charge on any atom is -0.493 e. The number of esters is 2. The maximum absolute atomic E-state index is 12.6. The molecule has 0 bridgehead atoms. The van der Waals surface area contributed by atoms with Gasteiger partial charge in [0.25, 0.3) is 0 Å². The van der Waals surface area contributed by atoms with E-state index in [9.17, 15) is 9.59 Å². The third kappa shape index (κ3) is 4.72. The number of thiazole rings is 1. The highest BCUT2D eigenvalue weighted by molar-refractivity contribution is 7.13. The summed E-state index contributed by atoms with van der Waals surface area (Å²) in [7, 11) is 3.16. The third-order valence-corrected chi connectivity index (χ3v) is 5.59. The Balaban J connectivity index is 1.71. The van der Waals surface area contributed by atoms with Gasteiger partial charge in [-0.15, -0.1) is 11.3 Å². The highest BCUT2D eigenvalue weighted by Gasteiger charge is 2.24. The number of benzene rings is 1. The molecule has 3 rings (SSSR count). The molecule has 0 saturated heterocycles. The lowest BCUT2D eigenvalue weighted by Gasteiger charge is -2.08. The Bertz CT molecular complexity index is 1100. The van der Waals surface area contributed by atoms with E-state index in [1.165, 1.54) is 11.3 Å². The van der Waals surface area contributed by atoms with Crippen LogP contribution in [0, 0.1) is 13.8 Å². The van der Waals surface area contributed by atoms with Crippen molar-refractivity contribution in [2.45, 2.75) is 27.4 Å². The first-order valence-electron chi connectivity index (χ1n) is 9.59. The van der Waals surface area contributed by atoms with E-state index in [4.69, 9.17) is 18.9 Å². The van der Waals surface area contributed by atoms with E-state index in [0.29, 0.717) is 34.0 Å². The molecule has 9 heteroatoms. The number of nitrogens with zero attached hydrogens (tertiary/aromatic N) is 1. The summed E-state index contributed by atoms with van der Waals surface area (Å²) in [6, 6.07) is 5.55. The van der Waals surface area contributed by atoms with Crippen LogP contribution < -0.4 is 9.47 Å². The van der Waals surface area contributed by atoms with E-state index in [2.05, 4.69) is 9.97 Å². The van der Waals surface area contributed by atoms with E-state index in [1.807, 2.05) is 23.6 Å². The molecule has 8 nitrogen and oxygen atoms in total. The van der Waals surface area contributed by atoms with Crippen molar-refractivity contribution in [2.75, 3.05) is 20.8 Å². The summed E-state index contributed by atoms with van der Waals surface area (Å²) in [5, 5.41) is 2.60. The average molecular weight is 445 g/mol. The first-order chi connectivity index (χ1) is 14.9. The first-order valence-corrected chi connectivity index (χ1v) is 10.5. The van der Waals surface area contributed by atoms with Gasteiger partial charge in [0.15, 0.2) is 11.5 Å².